The summed E-state index contributed by atoms with van der Waals surface area (Å²) in [4.78, 5) is 11.2. The van der Waals surface area contributed by atoms with Crippen LogP contribution in [-0.4, -0.2) is 31.7 Å². The first kappa shape index (κ1) is 12.4. The van der Waals surface area contributed by atoms with Crippen LogP contribution in [0.2, 0.25) is 0 Å². The molecule has 0 aliphatic carbocycles. The van der Waals surface area contributed by atoms with E-state index in [-0.39, 0.29) is 11.9 Å². The summed E-state index contributed by atoms with van der Waals surface area (Å²) in [5, 5.41) is 2.71. The Bertz CT molecular complexity index is 140. The summed E-state index contributed by atoms with van der Waals surface area (Å²) in [6, 6.07) is -0.369. The lowest BCUT2D eigenvalue weighted by atomic mass is 10.2. The molecule has 0 saturated heterocycles. The van der Waals surface area contributed by atoms with E-state index in [1.54, 1.807) is 0 Å². The highest BCUT2D eigenvalue weighted by molar-refractivity contribution is 5.81. The number of hydrogen-bond donors (Lipinski definition) is 2. The lowest BCUT2D eigenvalue weighted by Gasteiger charge is -2.10. The number of hydrogen-bond acceptors (Lipinski definition) is 3. The van der Waals surface area contributed by atoms with Crippen molar-refractivity contribution in [1.82, 2.24) is 5.32 Å². The normalized spacial score (nSPS) is 12.5. The van der Waals surface area contributed by atoms with Gasteiger partial charge in [-0.2, -0.15) is 0 Å². The van der Waals surface area contributed by atoms with Crippen LogP contribution in [0.3, 0.4) is 0 Å². The minimum Gasteiger partial charge on any atom is -0.380 e. The molecule has 0 bridgehead atoms. The number of nitrogens with two attached hydrogens (primary N) is 1. The second-order valence-electron chi connectivity index (χ2n) is 2.88. The Morgan fingerprint density at radius 2 is 2.23 bits per heavy atom. The molecule has 0 aromatic carbocycles. The minimum atomic E-state index is -0.369. The van der Waals surface area contributed by atoms with Gasteiger partial charge in [-0.1, -0.05) is 13.3 Å². The third-order valence-corrected chi connectivity index (χ3v) is 1.69. The first-order valence-electron chi connectivity index (χ1n) is 4.83. The van der Waals surface area contributed by atoms with Gasteiger partial charge < -0.3 is 15.8 Å². The molecule has 0 aliphatic rings. The van der Waals surface area contributed by atoms with Crippen molar-refractivity contribution in [1.29, 1.82) is 0 Å². The Kier molecular flexibility index (Phi) is 7.63. The van der Waals surface area contributed by atoms with Crippen molar-refractivity contribution in [2.24, 2.45) is 5.73 Å². The summed E-state index contributed by atoms with van der Waals surface area (Å²) in [7, 11) is 0. The summed E-state index contributed by atoms with van der Waals surface area (Å²) >= 11 is 0. The predicted molar refractivity (Wildman–Crippen MR) is 52.4 cm³/mol. The molecular weight excluding hydrogens is 168 g/mol. The van der Waals surface area contributed by atoms with Gasteiger partial charge in [-0.05, 0) is 13.3 Å². The van der Waals surface area contributed by atoms with E-state index < -0.39 is 0 Å². The van der Waals surface area contributed by atoms with Crippen molar-refractivity contribution in [2.45, 2.75) is 32.7 Å². The van der Waals surface area contributed by atoms with E-state index in [1.165, 1.54) is 0 Å². The number of rotatable bonds is 7. The van der Waals surface area contributed by atoms with Gasteiger partial charge in [-0.3, -0.25) is 4.79 Å². The largest absolute Gasteiger partial charge is 0.380 e. The van der Waals surface area contributed by atoms with Gasteiger partial charge in [-0.15, -0.1) is 0 Å². The topological polar surface area (TPSA) is 64.4 Å². The van der Waals surface area contributed by atoms with Crippen molar-refractivity contribution in [3.8, 4) is 0 Å². The number of ether oxygens (including phenoxy) is 1. The second kappa shape index (κ2) is 8.01. The van der Waals surface area contributed by atoms with Crippen molar-refractivity contribution in [2.75, 3.05) is 19.8 Å². The van der Waals surface area contributed by atoms with Crippen LogP contribution in [0, 0.1) is 0 Å². The van der Waals surface area contributed by atoms with Crippen molar-refractivity contribution in [3.63, 3.8) is 0 Å². The quantitative estimate of drug-likeness (QED) is 0.563. The maximum atomic E-state index is 11.2. The summed E-state index contributed by atoms with van der Waals surface area (Å²) < 4.78 is 5.07. The molecule has 0 spiro atoms. The van der Waals surface area contributed by atoms with Gasteiger partial charge in [-0.25, -0.2) is 0 Å². The van der Waals surface area contributed by atoms with Crippen molar-refractivity contribution in [3.05, 3.63) is 0 Å². The van der Waals surface area contributed by atoms with E-state index in [0.29, 0.717) is 19.8 Å². The standard InChI is InChI=1S/C9H20N2O2/c1-3-5-8(10)9(12)11-6-7-13-4-2/h8H,3-7,10H2,1-2H3,(H,11,12)/t8-/m0/s1. The lowest BCUT2D eigenvalue weighted by Crippen LogP contribution is -2.41. The SMILES string of the molecule is CCC[C@H](N)C(=O)NCCOCC. The van der Waals surface area contributed by atoms with Crippen molar-refractivity contribution >= 4 is 5.91 Å². The van der Waals surface area contributed by atoms with Gasteiger partial charge >= 0.3 is 0 Å². The lowest BCUT2D eigenvalue weighted by molar-refractivity contribution is -0.122. The number of nitrogens with one attached hydrogen (secondary N) is 1. The molecular formula is C9H20N2O2. The molecule has 0 radical (unpaired) electrons. The molecule has 0 saturated carbocycles. The van der Waals surface area contributed by atoms with Crippen LogP contribution in [-0.2, 0) is 9.53 Å². The average molecular weight is 188 g/mol. The van der Waals surface area contributed by atoms with Gasteiger partial charge in [0.05, 0.1) is 12.6 Å². The molecule has 78 valence electrons. The summed E-state index contributed by atoms with van der Waals surface area (Å²) in [5.74, 6) is -0.0819. The monoisotopic (exact) mass is 188 g/mol. The highest BCUT2D eigenvalue weighted by Gasteiger charge is 2.10. The zero-order valence-corrected chi connectivity index (χ0v) is 8.51. The average Bonchev–Trinajstić information content (AvgIpc) is 2.12. The highest BCUT2D eigenvalue weighted by atomic mass is 16.5. The third-order valence-electron chi connectivity index (χ3n) is 1.69. The van der Waals surface area contributed by atoms with Gasteiger partial charge in [0.2, 0.25) is 5.91 Å². The smallest absolute Gasteiger partial charge is 0.236 e. The molecule has 1 atom stereocenters. The van der Waals surface area contributed by atoms with E-state index in [0.717, 1.165) is 12.8 Å². The first-order valence-corrected chi connectivity index (χ1v) is 4.83. The van der Waals surface area contributed by atoms with Crippen LogP contribution in [0.25, 0.3) is 0 Å². The maximum Gasteiger partial charge on any atom is 0.236 e. The van der Waals surface area contributed by atoms with Crippen LogP contribution in [0.4, 0.5) is 0 Å². The predicted octanol–water partition coefficient (Wildman–Crippen LogP) is 0.267. The van der Waals surface area contributed by atoms with E-state index >= 15 is 0 Å². The second-order valence-corrected chi connectivity index (χ2v) is 2.88. The van der Waals surface area contributed by atoms with Gasteiger partial charge in [0.1, 0.15) is 0 Å². The third kappa shape index (κ3) is 6.54. The fourth-order valence-corrected chi connectivity index (χ4v) is 0.964. The van der Waals surface area contributed by atoms with Crippen LogP contribution < -0.4 is 11.1 Å². The summed E-state index contributed by atoms with van der Waals surface area (Å²) in [5.41, 5.74) is 5.59. The van der Waals surface area contributed by atoms with Gasteiger partial charge in [0.15, 0.2) is 0 Å². The molecule has 0 unspecified atom stereocenters. The highest BCUT2D eigenvalue weighted by Crippen LogP contribution is 1.92. The molecule has 1 amide bonds. The Morgan fingerprint density at radius 3 is 2.77 bits per heavy atom. The molecule has 0 aromatic rings. The van der Waals surface area contributed by atoms with E-state index in [1.807, 2.05) is 13.8 Å². The van der Waals surface area contributed by atoms with Crippen LogP contribution >= 0.6 is 0 Å². The molecule has 13 heavy (non-hydrogen) atoms. The number of carbonyl (C=O) groups excluding carboxylic acids is 1. The van der Waals surface area contributed by atoms with E-state index in [4.69, 9.17) is 10.5 Å². The van der Waals surface area contributed by atoms with Gasteiger partial charge in [0.25, 0.3) is 0 Å². The van der Waals surface area contributed by atoms with Gasteiger partial charge in [0, 0.05) is 13.2 Å². The molecule has 0 aliphatic heterocycles. The number of amides is 1. The Balaban J connectivity index is 3.38. The summed E-state index contributed by atoms with van der Waals surface area (Å²) in [6.07, 6.45) is 1.67. The van der Waals surface area contributed by atoms with Crippen molar-refractivity contribution < 1.29 is 9.53 Å². The zero-order chi connectivity index (χ0) is 10.1. The van der Waals surface area contributed by atoms with E-state index in [2.05, 4.69) is 5.32 Å². The molecule has 0 fully saturated rings. The maximum absolute atomic E-state index is 11.2. The van der Waals surface area contributed by atoms with Crippen LogP contribution in [0.1, 0.15) is 26.7 Å². The van der Waals surface area contributed by atoms with Crippen LogP contribution in [0.5, 0.6) is 0 Å². The molecule has 3 N–H and O–H groups in total. The zero-order valence-electron chi connectivity index (χ0n) is 8.51. The number of carbonyl (C=O) groups is 1. The molecule has 0 rings (SSSR count). The first-order chi connectivity index (χ1) is 6.22. The molecule has 4 heteroatoms. The molecule has 0 aromatic heterocycles. The fourth-order valence-electron chi connectivity index (χ4n) is 0.964. The molecule has 4 nitrogen and oxygen atoms in total. The summed E-state index contributed by atoms with van der Waals surface area (Å²) in [6.45, 7) is 5.71. The molecule has 0 heterocycles. The Morgan fingerprint density at radius 1 is 1.54 bits per heavy atom. The van der Waals surface area contributed by atoms with Crippen LogP contribution in [0.15, 0.2) is 0 Å². The Labute approximate surface area is 79.8 Å². The van der Waals surface area contributed by atoms with E-state index in [9.17, 15) is 4.79 Å². The Hall–Kier alpha value is -0.610. The minimum absolute atomic E-state index is 0.0819. The fraction of sp³-hybridized carbons (Fsp3) is 0.889.